The van der Waals surface area contributed by atoms with Crippen LogP contribution in [0.25, 0.3) is 22.3 Å². The van der Waals surface area contributed by atoms with Crippen molar-refractivity contribution in [2.45, 2.75) is 19.4 Å². The lowest BCUT2D eigenvalue weighted by molar-refractivity contribution is 0.0699. The minimum atomic E-state index is -3.14. The zero-order valence-electron chi connectivity index (χ0n) is 14.4. The Balaban J connectivity index is 1.96. The number of carboxylic acids is 1. The van der Waals surface area contributed by atoms with Crippen LogP contribution in [0.5, 0.6) is 0 Å². The van der Waals surface area contributed by atoms with Crippen molar-refractivity contribution in [2.24, 2.45) is 0 Å². The first-order valence-electron chi connectivity index (χ1n) is 8.35. The van der Waals surface area contributed by atoms with E-state index in [0.717, 1.165) is 0 Å². The number of carbonyl (C=O) groups is 1. The first-order valence-corrected chi connectivity index (χ1v) is 10.2. The Morgan fingerprint density at radius 3 is 2.59 bits per heavy atom. The molecule has 4 rings (SSSR count). The lowest BCUT2D eigenvalue weighted by atomic mass is 10.1. The Labute approximate surface area is 154 Å². The second kappa shape index (κ2) is 6.12. The summed E-state index contributed by atoms with van der Waals surface area (Å²) in [4.78, 5) is 16.4. The maximum absolute atomic E-state index is 13.2. The number of hydrogen-bond acceptors (Lipinski definition) is 5. The summed E-state index contributed by atoms with van der Waals surface area (Å²) in [5, 5.41) is 14.4. The van der Waals surface area contributed by atoms with E-state index in [1.165, 1.54) is 35.0 Å². The zero-order chi connectivity index (χ0) is 19.3. The number of sulfone groups is 1. The number of halogens is 1. The van der Waals surface area contributed by atoms with Crippen LogP contribution in [0.1, 0.15) is 28.5 Å². The highest BCUT2D eigenvalue weighted by atomic mass is 32.2. The molecule has 0 radical (unpaired) electrons. The summed E-state index contributed by atoms with van der Waals surface area (Å²) in [5.41, 5.74) is 1.76. The number of pyridine rings is 1. The first kappa shape index (κ1) is 17.6. The second-order valence-corrected chi connectivity index (χ2v) is 8.88. The molecule has 0 amide bonds. The molecule has 3 heterocycles. The molecule has 1 atom stereocenters. The smallest absolute Gasteiger partial charge is 0.336 e. The number of fused-ring (bicyclic) bond motifs is 1. The third-order valence-electron chi connectivity index (χ3n) is 4.76. The summed E-state index contributed by atoms with van der Waals surface area (Å²) in [6, 6.07) is 6.62. The molecule has 0 saturated carbocycles. The largest absolute Gasteiger partial charge is 0.478 e. The van der Waals surface area contributed by atoms with E-state index in [-0.39, 0.29) is 23.1 Å². The number of rotatable bonds is 3. The van der Waals surface area contributed by atoms with Gasteiger partial charge < -0.3 is 5.11 Å². The van der Waals surface area contributed by atoms with Crippen molar-refractivity contribution in [3.63, 3.8) is 0 Å². The van der Waals surface area contributed by atoms with Crippen molar-refractivity contribution in [2.75, 3.05) is 11.5 Å². The molecule has 1 aromatic carbocycles. The number of aromatic carboxylic acids is 1. The fourth-order valence-corrected chi connectivity index (χ4v) is 5.17. The summed E-state index contributed by atoms with van der Waals surface area (Å²) in [6.07, 6.45) is 0.406. The highest BCUT2D eigenvalue weighted by Gasteiger charge is 2.32. The van der Waals surface area contributed by atoms with Crippen LogP contribution in [-0.4, -0.2) is 45.8 Å². The van der Waals surface area contributed by atoms with E-state index in [1.54, 1.807) is 6.92 Å². The number of aryl methyl sites for hydroxylation is 1. The average Bonchev–Trinajstić information content (AvgIpc) is 3.14. The maximum atomic E-state index is 13.2. The standard InChI is InChI=1S/C18H16FN3O4S/c1-10-16-14(18(23)24)8-15(11-2-4-12(19)5-3-11)20-17(16)22(21-10)13-6-7-27(25,26)9-13/h2-5,8,13H,6-7,9H2,1H3,(H,23,24). The van der Waals surface area contributed by atoms with Gasteiger partial charge in [-0.15, -0.1) is 0 Å². The van der Waals surface area contributed by atoms with Crippen LogP contribution in [0, 0.1) is 12.7 Å². The molecular weight excluding hydrogens is 373 g/mol. The van der Waals surface area contributed by atoms with Gasteiger partial charge in [-0.2, -0.15) is 5.10 Å². The molecule has 1 N–H and O–H groups in total. The van der Waals surface area contributed by atoms with Gasteiger partial charge in [0.05, 0.1) is 39.9 Å². The van der Waals surface area contributed by atoms with E-state index >= 15 is 0 Å². The molecule has 0 spiro atoms. The molecule has 27 heavy (non-hydrogen) atoms. The summed E-state index contributed by atoms with van der Waals surface area (Å²) in [7, 11) is -3.14. The van der Waals surface area contributed by atoms with Gasteiger partial charge in [-0.05, 0) is 43.7 Å². The number of benzene rings is 1. The second-order valence-electron chi connectivity index (χ2n) is 6.65. The predicted octanol–water partition coefficient (Wildman–Crippen LogP) is 2.60. The Bertz CT molecular complexity index is 1170. The molecule has 0 aliphatic carbocycles. The summed E-state index contributed by atoms with van der Waals surface area (Å²) in [6.45, 7) is 1.67. The van der Waals surface area contributed by atoms with Crippen LogP contribution in [-0.2, 0) is 9.84 Å². The van der Waals surface area contributed by atoms with E-state index < -0.39 is 21.6 Å². The summed E-state index contributed by atoms with van der Waals surface area (Å²) in [5.74, 6) is -1.52. The van der Waals surface area contributed by atoms with Gasteiger partial charge in [0.15, 0.2) is 15.5 Å². The van der Waals surface area contributed by atoms with Crippen LogP contribution in [0.2, 0.25) is 0 Å². The van der Waals surface area contributed by atoms with Crippen molar-refractivity contribution >= 4 is 26.8 Å². The van der Waals surface area contributed by atoms with Crippen LogP contribution in [0.15, 0.2) is 30.3 Å². The number of carboxylic acid groups (broad SMARTS) is 1. The third-order valence-corrected chi connectivity index (χ3v) is 6.51. The van der Waals surface area contributed by atoms with E-state index in [4.69, 9.17) is 0 Å². The topological polar surface area (TPSA) is 102 Å². The normalized spacial score (nSPS) is 18.8. The van der Waals surface area contributed by atoms with Gasteiger partial charge in [-0.25, -0.2) is 27.3 Å². The summed E-state index contributed by atoms with van der Waals surface area (Å²) < 4.78 is 38.5. The first-order chi connectivity index (χ1) is 12.7. The lowest BCUT2D eigenvalue weighted by Gasteiger charge is -2.11. The fraction of sp³-hybridized carbons (Fsp3) is 0.278. The van der Waals surface area contributed by atoms with Gasteiger partial charge in [0.1, 0.15) is 5.82 Å². The fourth-order valence-electron chi connectivity index (χ4n) is 3.47. The molecule has 1 unspecified atom stereocenters. The Morgan fingerprint density at radius 1 is 1.30 bits per heavy atom. The van der Waals surface area contributed by atoms with Crippen molar-refractivity contribution in [3.05, 3.63) is 47.4 Å². The zero-order valence-corrected chi connectivity index (χ0v) is 15.2. The van der Waals surface area contributed by atoms with Crippen LogP contribution < -0.4 is 0 Å². The third kappa shape index (κ3) is 3.08. The average molecular weight is 389 g/mol. The minimum absolute atomic E-state index is 0.0314. The minimum Gasteiger partial charge on any atom is -0.478 e. The van der Waals surface area contributed by atoms with Gasteiger partial charge >= 0.3 is 5.97 Å². The molecule has 9 heteroatoms. The SMILES string of the molecule is Cc1nn(C2CCS(=O)(=O)C2)c2nc(-c3ccc(F)cc3)cc(C(=O)O)c12. The van der Waals surface area contributed by atoms with Gasteiger partial charge in [0, 0.05) is 5.56 Å². The molecule has 1 saturated heterocycles. The van der Waals surface area contributed by atoms with Crippen LogP contribution >= 0.6 is 0 Å². The van der Waals surface area contributed by atoms with Gasteiger partial charge in [0.25, 0.3) is 0 Å². The molecule has 3 aromatic rings. The van der Waals surface area contributed by atoms with Crippen molar-refractivity contribution in [1.29, 1.82) is 0 Å². The molecule has 0 bridgehead atoms. The Hall–Kier alpha value is -2.81. The van der Waals surface area contributed by atoms with E-state index in [2.05, 4.69) is 10.1 Å². The van der Waals surface area contributed by atoms with Crippen LogP contribution in [0.4, 0.5) is 4.39 Å². The molecule has 1 fully saturated rings. The van der Waals surface area contributed by atoms with Gasteiger partial charge in [-0.3, -0.25) is 0 Å². The predicted molar refractivity (Wildman–Crippen MR) is 96.9 cm³/mol. The van der Waals surface area contributed by atoms with Crippen molar-refractivity contribution in [1.82, 2.24) is 14.8 Å². The number of nitrogens with zero attached hydrogens (tertiary/aromatic N) is 3. The Morgan fingerprint density at radius 2 is 2.00 bits per heavy atom. The van der Waals surface area contributed by atoms with Crippen molar-refractivity contribution < 1.29 is 22.7 Å². The maximum Gasteiger partial charge on any atom is 0.336 e. The summed E-state index contributed by atoms with van der Waals surface area (Å²) >= 11 is 0. The molecule has 2 aromatic heterocycles. The number of hydrogen-bond donors (Lipinski definition) is 1. The van der Waals surface area contributed by atoms with E-state index in [1.807, 2.05) is 0 Å². The van der Waals surface area contributed by atoms with E-state index in [0.29, 0.717) is 34.4 Å². The van der Waals surface area contributed by atoms with Crippen molar-refractivity contribution in [3.8, 4) is 11.3 Å². The van der Waals surface area contributed by atoms with Crippen LogP contribution in [0.3, 0.4) is 0 Å². The monoisotopic (exact) mass is 389 g/mol. The molecule has 1 aliphatic rings. The van der Waals surface area contributed by atoms with Gasteiger partial charge in [-0.1, -0.05) is 0 Å². The van der Waals surface area contributed by atoms with Gasteiger partial charge in [0.2, 0.25) is 0 Å². The molecular formula is C18H16FN3O4S. The molecule has 7 nitrogen and oxygen atoms in total. The molecule has 140 valence electrons. The molecule has 1 aliphatic heterocycles. The Kier molecular flexibility index (Phi) is 3.99. The number of aromatic nitrogens is 3. The lowest BCUT2D eigenvalue weighted by Crippen LogP contribution is -2.13. The quantitative estimate of drug-likeness (QED) is 0.739. The highest BCUT2D eigenvalue weighted by Crippen LogP contribution is 2.32. The van der Waals surface area contributed by atoms with E-state index in [9.17, 15) is 22.7 Å². The highest BCUT2D eigenvalue weighted by molar-refractivity contribution is 7.91.